The van der Waals surface area contributed by atoms with Crippen molar-refractivity contribution in [2.24, 2.45) is 5.92 Å². The molecule has 0 saturated heterocycles. The van der Waals surface area contributed by atoms with Crippen molar-refractivity contribution < 1.29 is 14.3 Å². The minimum Gasteiger partial charge on any atom is -0.497 e. The molecule has 3 aromatic rings. The topological polar surface area (TPSA) is 98.1 Å². The Bertz CT molecular complexity index is 1060. The number of nitrogens with zero attached hydrogens (tertiary/aromatic N) is 3. The van der Waals surface area contributed by atoms with Crippen molar-refractivity contribution in [3.05, 3.63) is 54.1 Å². The molecule has 0 bridgehead atoms. The number of aromatic nitrogens is 3. The number of nitrogens with one attached hydrogen (secondary N) is 2. The Morgan fingerprint density at radius 2 is 1.75 bits per heavy atom. The van der Waals surface area contributed by atoms with Crippen LogP contribution in [-0.4, -0.2) is 46.1 Å². The Labute approximate surface area is 191 Å². The number of hydrogen-bond donors (Lipinski definition) is 2. The normalized spacial score (nSPS) is 10.8. The molecule has 2 aromatic carbocycles. The first-order valence-corrected chi connectivity index (χ1v) is 11.2. The summed E-state index contributed by atoms with van der Waals surface area (Å²) in [5.41, 5.74) is 2.88. The molecule has 0 fully saturated rings. The zero-order chi connectivity index (χ0) is 23.1. The average molecular weight is 454 g/mol. The molecular formula is C23H27N5O3S. The van der Waals surface area contributed by atoms with E-state index >= 15 is 0 Å². The zero-order valence-corrected chi connectivity index (χ0v) is 19.4. The van der Waals surface area contributed by atoms with Crippen molar-refractivity contribution in [1.82, 2.24) is 25.4 Å². The fraction of sp³-hybridized carbons (Fsp3) is 0.304. The van der Waals surface area contributed by atoms with Crippen molar-refractivity contribution in [3.8, 4) is 22.8 Å². The standard InChI is InChI=1S/C23H27N5O3S/c1-15(2)13-24-22(30)25-20(29)14-32-23-27-26-21(17-7-11-19(31-4)12-8-17)28(23)18-9-5-16(3)6-10-18/h5-12,15H,13-14H2,1-4H3,(H2,24,25,29,30). The van der Waals surface area contributed by atoms with Gasteiger partial charge in [-0.2, -0.15) is 0 Å². The monoisotopic (exact) mass is 453 g/mol. The maximum absolute atomic E-state index is 12.2. The molecule has 168 valence electrons. The molecule has 0 aliphatic rings. The molecule has 1 aromatic heterocycles. The molecule has 1 heterocycles. The summed E-state index contributed by atoms with van der Waals surface area (Å²) >= 11 is 1.22. The molecule has 8 nitrogen and oxygen atoms in total. The van der Waals surface area contributed by atoms with E-state index in [4.69, 9.17) is 4.74 Å². The molecule has 0 atom stereocenters. The van der Waals surface area contributed by atoms with Crippen LogP contribution in [0, 0.1) is 12.8 Å². The van der Waals surface area contributed by atoms with E-state index in [0.717, 1.165) is 22.6 Å². The third-order valence-electron chi connectivity index (χ3n) is 4.53. The minimum atomic E-state index is -0.497. The highest BCUT2D eigenvalue weighted by Gasteiger charge is 2.18. The van der Waals surface area contributed by atoms with Crippen LogP contribution < -0.4 is 15.4 Å². The lowest BCUT2D eigenvalue weighted by Gasteiger charge is -2.11. The van der Waals surface area contributed by atoms with Crippen molar-refractivity contribution in [1.29, 1.82) is 0 Å². The number of urea groups is 1. The SMILES string of the molecule is COc1ccc(-c2nnc(SCC(=O)NC(=O)NCC(C)C)n2-c2ccc(C)cc2)cc1. The maximum atomic E-state index is 12.2. The number of hydrogen-bond acceptors (Lipinski definition) is 6. The van der Waals surface area contributed by atoms with Crippen LogP contribution in [0.2, 0.25) is 0 Å². The molecular weight excluding hydrogens is 426 g/mol. The van der Waals surface area contributed by atoms with Crippen LogP contribution in [0.1, 0.15) is 19.4 Å². The first kappa shape index (κ1) is 23.3. The van der Waals surface area contributed by atoms with Gasteiger partial charge in [-0.3, -0.25) is 14.7 Å². The van der Waals surface area contributed by atoms with E-state index < -0.39 is 11.9 Å². The molecule has 3 amide bonds. The number of carbonyl (C=O) groups is 2. The van der Waals surface area contributed by atoms with Crippen LogP contribution >= 0.6 is 11.8 Å². The minimum absolute atomic E-state index is 0.0295. The summed E-state index contributed by atoms with van der Waals surface area (Å²) in [7, 11) is 1.62. The molecule has 0 radical (unpaired) electrons. The van der Waals surface area contributed by atoms with Gasteiger partial charge in [0.05, 0.1) is 12.9 Å². The van der Waals surface area contributed by atoms with Crippen molar-refractivity contribution in [2.75, 3.05) is 19.4 Å². The highest BCUT2D eigenvalue weighted by molar-refractivity contribution is 7.99. The van der Waals surface area contributed by atoms with Crippen LogP contribution in [0.25, 0.3) is 17.1 Å². The van der Waals surface area contributed by atoms with E-state index in [1.165, 1.54) is 11.8 Å². The number of thioether (sulfide) groups is 1. The van der Waals surface area contributed by atoms with Gasteiger partial charge >= 0.3 is 6.03 Å². The summed E-state index contributed by atoms with van der Waals surface area (Å²) in [6, 6.07) is 15.0. The summed E-state index contributed by atoms with van der Waals surface area (Å²) < 4.78 is 7.14. The zero-order valence-electron chi connectivity index (χ0n) is 18.6. The largest absolute Gasteiger partial charge is 0.497 e. The van der Waals surface area contributed by atoms with Gasteiger partial charge in [-0.05, 0) is 49.2 Å². The van der Waals surface area contributed by atoms with Crippen molar-refractivity contribution >= 4 is 23.7 Å². The van der Waals surface area contributed by atoms with Gasteiger partial charge in [-0.15, -0.1) is 10.2 Å². The molecule has 3 rings (SSSR count). The van der Waals surface area contributed by atoms with Gasteiger partial charge in [-0.1, -0.05) is 43.3 Å². The molecule has 32 heavy (non-hydrogen) atoms. The third-order valence-corrected chi connectivity index (χ3v) is 5.46. The van der Waals surface area contributed by atoms with Crippen LogP contribution in [0.4, 0.5) is 4.79 Å². The van der Waals surface area contributed by atoms with E-state index in [2.05, 4.69) is 20.8 Å². The predicted molar refractivity (Wildman–Crippen MR) is 125 cm³/mol. The Kier molecular flexibility index (Phi) is 7.88. The highest BCUT2D eigenvalue weighted by Crippen LogP contribution is 2.29. The quantitative estimate of drug-likeness (QED) is 0.503. The average Bonchev–Trinajstić information content (AvgIpc) is 3.21. The first-order chi connectivity index (χ1) is 15.4. The lowest BCUT2D eigenvalue weighted by atomic mass is 10.2. The molecule has 2 N–H and O–H groups in total. The maximum Gasteiger partial charge on any atom is 0.321 e. The third kappa shape index (κ3) is 6.10. The van der Waals surface area contributed by atoms with E-state index in [9.17, 15) is 9.59 Å². The molecule has 0 aliphatic carbocycles. The lowest BCUT2D eigenvalue weighted by Crippen LogP contribution is -2.41. The number of amides is 3. The molecule has 0 unspecified atom stereocenters. The summed E-state index contributed by atoms with van der Waals surface area (Å²) in [4.78, 5) is 24.1. The Morgan fingerprint density at radius 1 is 1.06 bits per heavy atom. The molecule has 0 spiro atoms. The lowest BCUT2D eigenvalue weighted by molar-refractivity contribution is -0.117. The Balaban J connectivity index is 1.81. The number of imide groups is 1. The molecule has 0 aliphatic heterocycles. The van der Waals surface area contributed by atoms with Gasteiger partial charge in [0.2, 0.25) is 5.91 Å². The number of benzene rings is 2. The van der Waals surface area contributed by atoms with Crippen LogP contribution in [0.15, 0.2) is 53.7 Å². The second-order valence-corrected chi connectivity index (χ2v) is 8.59. The van der Waals surface area contributed by atoms with E-state index in [-0.39, 0.29) is 5.75 Å². The number of ether oxygens (including phenoxy) is 1. The number of methoxy groups -OCH3 is 1. The smallest absolute Gasteiger partial charge is 0.321 e. The van der Waals surface area contributed by atoms with E-state index in [1.54, 1.807) is 7.11 Å². The van der Waals surface area contributed by atoms with Crippen LogP contribution in [-0.2, 0) is 4.79 Å². The predicted octanol–water partition coefficient (Wildman–Crippen LogP) is 3.83. The second-order valence-electron chi connectivity index (χ2n) is 7.65. The second kappa shape index (κ2) is 10.8. The van der Waals surface area contributed by atoms with E-state index in [0.29, 0.717) is 23.4 Å². The van der Waals surface area contributed by atoms with Gasteiger partial charge in [-0.25, -0.2) is 4.79 Å². The van der Waals surface area contributed by atoms with Crippen LogP contribution in [0.3, 0.4) is 0 Å². The van der Waals surface area contributed by atoms with Gasteiger partial charge in [0.1, 0.15) is 5.75 Å². The van der Waals surface area contributed by atoms with Gasteiger partial charge < -0.3 is 10.1 Å². The van der Waals surface area contributed by atoms with Gasteiger partial charge in [0, 0.05) is 17.8 Å². The first-order valence-electron chi connectivity index (χ1n) is 10.2. The number of rotatable bonds is 8. The van der Waals surface area contributed by atoms with Crippen molar-refractivity contribution in [2.45, 2.75) is 25.9 Å². The molecule has 0 saturated carbocycles. The molecule has 9 heteroatoms. The summed E-state index contributed by atoms with van der Waals surface area (Å²) in [5.74, 6) is 1.32. The van der Waals surface area contributed by atoms with Gasteiger partial charge in [0.25, 0.3) is 0 Å². The van der Waals surface area contributed by atoms with Gasteiger partial charge in [0.15, 0.2) is 11.0 Å². The van der Waals surface area contributed by atoms with Crippen molar-refractivity contribution in [3.63, 3.8) is 0 Å². The number of carbonyl (C=O) groups excluding carboxylic acids is 2. The summed E-state index contributed by atoms with van der Waals surface area (Å²) in [6.07, 6.45) is 0. The fourth-order valence-electron chi connectivity index (χ4n) is 2.85. The highest BCUT2D eigenvalue weighted by atomic mass is 32.2. The van der Waals surface area contributed by atoms with E-state index in [1.807, 2.05) is 73.9 Å². The van der Waals surface area contributed by atoms with Crippen LogP contribution in [0.5, 0.6) is 5.75 Å². The number of aryl methyl sites for hydroxylation is 1. The summed E-state index contributed by atoms with van der Waals surface area (Å²) in [6.45, 7) is 6.48. The fourth-order valence-corrected chi connectivity index (χ4v) is 3.60. The summed E-state index contributed by atoms with van der Waals surface area (Å²) in [5, 5.41) is 14.2. The Hall–Kier alpha value is -3.33. The Morgan fingerprint density at radius 3 is 2.38 bits per heavy atom.